The van der Waals surface area contributed by atoms with E-state index in [1.165, 1.54) is 0 Å². The van der Waals surface area contributed by atoms with E-state index >= 15 is 0 Å². The number of hydrogen-bond acceptors (Lipinski definition) is 4. The van der Waals surface area contributed by atoms with Crippen LogP contribution in [-0.4, -0.2) is 16.9 Å². The van der Waals surface area contributed by atoms with E-state index in [1.807, 2.05) is 22.2 Å². The minimum Gasteiger partial charge on any atom is -0.493 e. The molecule has 1 unspecified atom stereocenters. The van der Waals surface area contributed by atoms with Crippen LogP contribution in [0.2, 0.25) is 0 Å². The van der Waals surface area contributed by atoms with Crippen LogP contribution in [0.3, 0.4) is 0 Å². The summed E-state index contributed by atoms with van der Waals surface area (Å²) in [6, 6.07) is 3.88. The van der Waals surface area contributed by atoms with E-state index < -0.39 is 0 Å². The lowest BCUT2D eigenvalue weighted by atomic mass is 10.1. The SMILES string of the molecule is CCCn1ncc(OC)c1C(N)c1cccs1. The number of rotatable bonds is 5. The maximum Gasteiger partial charge on any atom is 0.161 e. The summed E-state index contributed by atoms with van der Waals surface area (Å²) in [4.78, 5) is 1.13. The van der Waals surface area contributed by atoms with E-state index in [0.29, 0.717) is 0 Å². The standard InChI is InChI=1S/C12H17N3OS/c1-3-6-15-12(9(16-2)8-14-15)11(13)10-5-4-7-17-10/h4-5,7-8,11H,3,6,13H2,1-2H3. The summed E-state index contributed by atoms with van der Waals surface area (Å²) in [6.45, 7) is 2.98. The monoisotopic (exact) mass is 251 g/mol. The molecule has 0 amide bonds. The predicted molar refractivity (Wildman–Crippen MR) is 69.4 cm³/mol. The second-order valence-electron chi connectivity index (χ2n) is 3.81. The average Bonchev–Trinajstić information content (AvgIpc) is 2.97. The van der Waals surface area contributed by atoms with Crippen molar-refractivity contribution in [3.05, 3.63) is 34.3 Å². The summed E-state index contributed by atoms with van der Waals surface area (Å²) in [6.07, 6.45) is 2.76. The fraction of sp³-hybridized carbons (Fsp3) is 0.417. The van der Waals surface area contributed by atoms with E-state index in [-0.39, 0.29) is 6.04 Å². The highest BCUT2D eigenvalue weighted by molar-refractivity contribution is 7.10. The first kappa shape index (κ1) is 12.1. The van der Waals surface area contributed by atoms with E-state index in [4.69, 9.17) is 10.5 Å². The number of nitrogens with two attached hydrogens (primary N) is 1. The molecule has 2 rings (SSSR count). The number of nitrogens with zero attached hydrogens (tertiary/aromatic N) is 2. The van der Waals surface area contributed by atoms with Crippen LogP contribution < -0.4 is 10.5 Å². The number of thiophene rings is 1. The van der Waals surface area contributed by atoms with Crippen molar-refractivity contribution < 1.29 is 4.74 Å². The summed E-state index contributed by atoms with van der Waals surface area (Å²) >= 11 is 1.65. The van der Waals surface area contributed by atoms with Gasteiger partial charge in [-0.15, -0.1) is 11.3 Å². The zero-order valence-corrected chi connectivity index (χ0v) is 10.9. The molecule has 5 heteroatoms. The summed E-state index contributed by atoms with van der Waals surface area (Å²) in [5.74, 6) is 0.763. The number of ether oxygens (including phenoxy) is 1. The van der Waals surface area contributed by atoms with Gasteiger partial charge in [-0.3, -0.25) is 4.68 Å². The molecular formula is C12H17N3OS. The Labute approximate surface area is 105 Å². The van der Waals surface area contributed by atoms with Crippen molar-refractivity contribution >= 4 is 11.3 Å². The predicted octanol–water partition coefficient (Wildman–Crippen LogP) is 2.41. The Balaban J connectivity index is 2.38. The molecule has 0 aliphatic heterocycles. The van der Waals surface area contributed by atoms with Crippen LogP contribution in [0.15, 0.2) is 23.7 Å². The first-order chi connectivity index (χ1) is 8.27. The maximum absolute atomic E-state index is 6.28. The van der Waals surface area contributed by atoms with Gasteiger partial charge >= 0.3 is 0 Å². The van der Waals surface area contributed by atoms with Gasteiger partial charge < -0.3 is 10.5 Å². The molecule has 0 radical (unpaired) electrons. The minimum absolute atomic E-state index is 0.168. The molecule has 2 aromatic heterocycles. The first-order valence-corrected chi connectivity index (χ1v) is 6.54. The largest absolute Gasteiger partial charge is 0.493 e. The quantitative estimate of drug-likeness (QED) is 0.888. The van der Waals surface area contributed by atoms with Gasteiger partial charge in [-0.25, -0.2) is 0 Å². The lowest BCUT2D eigenvalue weighted by Crippen LogP contribution is -2.17. The Morgan fingerprint density at radius 2 is 2.41 bits per heavy atom. The van der Waals surface area contributed by atoms with Crippen LogP contribution >= 0.6 is 11.3 Å². The molecule has 92 valence electrons. The Bertz CT molecular complexity index is 464. The van der Waals surface area contributed by atoms with Gasteiger partial charge in [-0.2, -0.15) is 5.10 Å². The van der Waals surface area contributed by atoms with Crippen LogP contribution in [-0.2, 0) is 6.54 Å². The maximum atomic E-state index is 6.28. The van der Waals surface area contributed by atoms with Gasteiger partial charge in [0.15, 0.2) is 5.75 Å². The third-order valence-electron chi connectivity index (χ3n) is 2.64. The lowest BCUT2D eigenvalue weighted by molar-refractivity contribution is 0.404. The Morgan fingerprint density at radius 3 is 3.00 bits per heavy atom. The fourth-order valence-electron chi connectivity index (χ4n) is 1.84. The number of aromatic nitrogens is 2. The van der Waals surface area contributed by atoms with Crippen molar-refractivity contribution in [3.8, 4) is 5.75 Å². The van der Waals surface area contributed by atoms with Crippen molar-refractivity contribution in [1.82, 2.24) is 9.78 Å². The zero-order valence-electron chi connectivity index (χ0n) is 10.1. The van der Waals surface area contributed by atoms with Crippen molar-refractivity contribution in [1.29, 1.82) is 0 Å². The highest BCUT2D eigenvalue weighted by atomic mass is 32.1. The number of hydrogen-bond donors (Lipinski definition) is 1. The van der Waals surface area contributed by atoms with Crippen molar-refractivity contribution in [3.63, 3.8) is 0 Å². The summed E-state index contributed by atoms with van der Waals surface area (Å²) < 4.78 is 7.27. The van der Waals surface area contributed by atoms with E-state index in [1.54, 1.807) is 24.6 Å². The molecule has 0 fully saturated rings. The molecule has 0 aliphatic rings. The fourth-order valence-corrected chi connectivity index (χ4v) is 2.57. The van der Waals surface area contributed by atoms with Crippen LogP contribution in [0.5, 0.6) is 5.75 Å². The van der Waals surface area contributed by atoms with E-state index in [2.05, 4.69) is 12.0 Å². The molecule has 2 aromatic rings. The topological polar surface area (TPSA) is 53.1 Å². The van der Waals surface area contributed by atoms with E-state index in [0.717, 1.165) is 29.3 Å². The van der Waals surface area contributed by atoms with Crippen LogP contribution in [0.1, 0.15) is 30.0 Å². The third-order valence-corrected chi connectivity index (χ3v) is 3.60. The van der Waals surface area contributed by atoms with Crippen LogP contribution in [0.4, 0.5) is 0 Å². The van der Waals surface area contributed by atoms with E-state index in [9.17, 15) is 0 Å². The molecule has 0 saturated heterocycles. The molecule has 17 heavy (non-hydrogen) atoms. The second-order valence-corrected chi connectivity index (χ2v) is 4.79. The molecule has 4 nitrogen and oxygen atoms in total. The second kappa shape index (κ2) is 5.33. The van der Waals surface area contributed by atoms with Gasteiger partial charge in [-0.05, 0) is 17.9 Å². The highest BCUT2D eigenvalue weighted by Crippen LogP contribution is 2.30. The molecule has 0 saturated carbocycles. The molecule has 0 aliphatic carbocycles. The van der Waals surface area contributed by atoms with Gasteiger partial charge in [0.1, 0.15) is 5.69 Å². The lowest BCUT2D eigenvalue weighted by Gasteiger charge is -2.14. The zero-order chi connectivity index (χ0) is 12.3. The van der Waals surface area contributed by atoms with Gasteiger partial charge in [-0.1, -0.05) is 13.0 Å². The molecule has 2 N–H and O–H groups in total. The number of methoxy groups -OCH3 is 1. The van der Waals surface area contributed by atoms with Gasteiger partial charge in [0.05, 0.1) is 19.3 Å². The smallest absolute Gasteiger partial charge is 0.161 e. The van der Waals surface area contributed by atoms with Gasteiger partial charge in [0.2, 0.25) is 0 Å². The Kier molecular flexibility index (Phi) is 3.81. The third kappa shape index (κ3) is 2.35. The molecule has 1 atom stereocenters. The summed E-state index contributed by atoms with van der Waals surface area (Å²) in [5.41, 5.74) is 7.24. The van der Waals surface area contributed by atoms with Crippen LogP contribution in [0.25, 0.3) is 0 Å². The van der Waals surface area contributed by atoms with Crippen molar-refractivity contribution in [2.24, 2.45) is 5.73 Å². The summed E-state index contributed by atoms with van der Waals surface area (Å²) in [5, 5.41) is 6.35. The Hall–Kier alpha value is -1.33. The van der Waals surface area contributed by atoms with Gasteiger partial charge in [0.25, 0.3) is 0 Å². The van der Waals surface area contributed by atoms with Crippen molar-refractivity contribution in [2.75, 3.05) is 7.11 Å². The van der Waals surface area contributed by atoms with Crippen molar-refractivity contribution in [2.45, 2.75) is 25.9 Å². The normalized spacial score (nSPS) is 12.6. The molecule has 0 bridgehead atoms. The molecule has 2 heterocycles. The highest BCUT2D eigenvalue weighted by Gasteiger charge is 2.20. The Morgan fingerprint density at radius 1 is 1.59 bits per heavy atom. The van der Waals surface area contributed by atoms with Gasteiger partial charge in [0, 0.05) is 11.4 Å². The average molecular weight is 251 g/mol. The first-order valence-electron chi connectivity index (χ1n) is 5.66. The molecule has 0 aromatic carbocycles. The molecular weight excluding hydrogens is 234 g/mol. The molecule has 0 spiro atoms. The number of aryl methyl sites for hydroxylation is 1. The van der Waals surface area contributed by atoms with Crippen LogP contribution in [0, 0.1) is 0 Å². The summed E-state index contributed by atoms with van der Waals surface area (Å²) in [7, 11) is 1.65. The minimum atomic E-state index is -0.168.